The van der Waals surface area contributed by atoms with Gasteiger partial charge in [-0.2, -0.15) is 0 Å². The Balaban J connectivity index is 2.61. The van der Waals surface area contributed by atoms with Crippen molar-refractivity contribution < 1.29 is 9.32 Å². The molecule has 1 atom stereocenters. The van der Waals surface area contributed by atoms with Crippen LogP contribution in [-0.4, -0.2) is 15.1 Å². The van der Waals surface area contributed by atoms with Crippen molar-refractivity contribution >= 4 is 10.8 Å². The Morgan fingerprint density at radius 1 is 1.31 bits per heavy atom. The molecule has 1 rings (SSSR count). The first-order valence-electron chi connectivity index (χ1n) is 4.41. The minimum Gasteiger partial charge on any atom is -0.508 e. The molecular weight excluding hydrogens is 184 g/mol. The Labute approximate surface area is 81.1 Å². The molecule has 1 N–H and O–H groups in total. The van der Waals surface area contributed by atoms with Crippen LogP contribution in [0.3, 0.4) is 0 Å². The van der Waals surface area contributed by atoms with Crippen LogP contribution in [0, 0.1) is 0 Å². The number of hydrogen-bond acceptors (Lipinski definition) is 2. The van der Waals surface area contributed by atoms with E-state index in [1.165, 1.54) is 0 Å². The van der Waals surface area contributed by atoms with Crippen molar-refractivity contribution in [3.05, 3.63) is 24.3 Å². The molecule has 13 heavy (non-hydrogen) atoms. The van der Waals surface area contributed by atoms with Gasteiger partial charge in [0.25, 0.3) is 0 Å². The number of phenolic OH excluding ortho intramolecular Hbond substituents is 1. The summed E-state index contributed by atoms with van der Waals surface area (Å²) >= 11 is 0. The Bertz CT molecular complexity index is 279. The lowest BCUT2D eigenvalue weighted by atomic mass is 10.3. The minimum atomic E-state index is -0.903. The molecule has 0 spiro atoms. The predicted molar refractivity (Wildman–Crippen MR) is 54.3 cm³/mol. The molecule has 0 aliphatic rings. The van der Waals surface area contributed by atoms with Crippen molar-refractivity contribution in [3.63, 3.8) is 0 Å². The van der Waals surface area contributed by atoms with Gasteiger partial charge in [-0.05, 0) is 30.7 Å². The molecular formula is C10H14O2S. The molecule has 0 bridgehead atoms. The van der Waals surface area contributed by atoms with Gasteiger partial charge >= 0.3 is 0 Å². The Morgan fingerprint density at radius 3 is 2.46 bits per heavy atom. The second-order valence-electron chi connectivity index (χ2n) is 2.90. The molecule has 0 saturated heterocycles. The van der Waals surface area contributed by atoms with Gasteiger partial charge in [0.05, 0.1) is 10.8 Å². The van der Waals surface area contributed by atoms with Crippen molar-refractivity contribution in [1.29, 1.82) is 0 Å². The molecule has 0 aliphatic carbocycles. The fourth-order valence-corrected chi connectivity index (χ4v) is 2.22. The Hall–Kier alpha value is -0.830. The predicted octanol–water partition coefficient (Wildman–Crippen LogP) is 2.30. The fourth-order valence-electron chi connectivity index (χ4n) is 0.991. The van der Waals surface area contributed by atoms with E-state index in [1.54, 1.807) is 24.3 Å². The van der Waals surface area contributed by atoms with E-state index in [0.717, 1.165) is 17.7 Å². The van der Waals surface area contributed by atoms with Crippen LogP contribution in [0.4, 0.5) is 0 Å². The van der Waals surface area contributed by atoms with Crippen LogP contribution >= 0.6 is 0 Å². The first-order chi connectivity index (χ1) is 6.24. The van der Waals surface area contributed by atoms with Gasteiger partial charge in [-0.15, -0.1) is 0 Å². The van der Waals surface area contributed by atoms with Gasteiger partial charge < -0.3 is 5.11 Å². The maximum Gasteiger partial charge on any atom is 0.115 e. The maximum absolute atomic E-state index is 11.5. The third-order valence-corrected chi connectivity index (χ3v) is 3.24. The molecule has 3 heteroatoms. The van der Waals surface area contributed by atoms with Crippen LogP contribution in [0.2, 0.25) is 0 Å². The molecule has 2 nitrogen and oxygen atoms in total. The highest BCUT2D eigenvalue weighted by Gasteiger charge is 2.01. The largest absolute Gasteiger partial charge is 0.508 e. The quantitative estimate of drug-likeness (QED) is 0.806. The van der Waals surface area contributed by atoms with Crippen LogP contribution < -0.4 is 0 Å². The lowest BCUT2D eigenvalue weighted by Crippen LogP contribution is -1.96. The van der Waals surface area contributed by atoms with Crippen molar-refractivity contribution in [2.75, 3.05) is 5.75 Å². The maximum atomic E-state index is 11.5. The zero-order valence-corrected chi connectivity index (χ0v) is 8.51. The van der Waals surface area contributed by atoms with Gasteiger partial charge in [-0.25, -0.2) is 0 Å². The molecule has 0 heterocycles. The van der Waals surface area contributed by atoms with E-state index in [1.807, 2.05) is 0 Å². The summed E-state index contributed by atoms with van der Waals surface area (Å²) in [7, 11) is -0.903. The molecule has 72 valence electrons. The minimum absolute atomic E-state index is 0.219. The third-order valence-electron chi connectivity index (χ3n) is 1.78. The molecule has 1 aromatic carbocycles. The number of rotatable bonds is 4. The summed E-state index contributed by atoms with van der Waals surface area (Å²) in [5.41, 5.74) is 0. The highest BCUT2D eigenvalue weighted by molar-refractivity contribution is 7.85. The van der Waals surface area contributed by atoms with Gasteiger partial charge in [-0.3, -0.25) is 4.21 Å². The number of phenols is 1. The molecule has 0 saturated carbocycles. The van der Waals surface area contributed by atoms with E-state index < -0.39 is 10.8 Å². The van der Waals surface area contributed by atoms with E-state index in [9.17, 15) is 4.21 Å². The normalized spacial score (nSPS) is 12.7. The van der Waals surface area contributed by atoms with Gasteiger partial charge in [0.2, 0.25) is 0 Å². The second-order valence-corrected chi connectivity index (χ2v) is 4.47. The van der Waals surface area contributed by atoms with Crippen LogP contribution in [0.25, 0.3) is 0 Å². The van der Waals surface area contributed by atoms with Crippen LogP contribution in [0.15, 0.2) is 29.2 Å². The number of benzene rings is 1. The van der Waals surface area contributed by atoms with E-state index in [4.69, 9.17) is 5.11 Å². The zero-order chi connectivity index (χ0) is 9.68. The average molecular weight is 198 g/mol. The SMILES string of the molecule is CCCC[S@@](=O)c1ccc(O)cc1. The van der Waals surface area contributed by atoms with Crippen molar-refractivity contribution in [2.24, 2.45) is 0 Å². The lowest BCUT2D eigenvalue weighted by Gasteiger charge is -2.00. The summed E-state index contributed by atoms with van der Waals surface area (Å²) in [4.78, 5) is 0.797. The fraction of sp³-hybridized carbons (Fsp3) is 0.400. The average Bonchev–Trinajstić information content (AvgIpc) is 2.15. The number of unbranched alkanes of at least 4 members (excludes halogenated alkanes) is 1. The Kier molecular flexibility index (Phi) is 3.96. The third kappa shape index (κ3) is 3.19. The molecule has 0 aromatic heterocycles. The second kappa shape index (κ2) is 5.02. The summed E-state index contributed by atoms with van der Waals surface area (Å²) in [6.07, 6.45) is 2.04. The summed E-state index contributed by atoms with van der Waals surface area (Å²) in [5.74, 6) is 0.928. The van der Waals surface area contributed by atoms with Crippen molar-refractivity contribution in [3.8, 4) is 5.75 Å². The molecule has 0 fully saturated rings. The van der Waals surface area contributed by atoms with Gasteiger partial charge in [-0.1, -0.05) is 13.3 Å². The summed E-state index contributed by atoms with van der Waals surface area (Å²) < 4.78 is 11.5. The standard InChI is InChI=1S/C10H14O2S/c1-2-3-8-13(12)10-6-4-9(11)5-7-10/h4-7,11H,2-3,8H2,1H3/t13-/m1/s1. The Morgan fingerprint density at radius 2 is 1.92 bits per heavy atom. The van der Waals surface area contributed by atoms with E-state index in [2.05, 4.69) is 6.92 Å². The first-order valence-corrected chi connectivity index (χ1v) is 5.73. The van der Waals surface area contributed by atoms with Crippen molar-refractivity contribution in [1.82, 2.24) is 0 Å². The molecule has 1 aromatic rings. The highest BCUT2D eigenvalue weighted by Crippen LogP contribution is 2.13. The van der Waals surface area contributed by atoms with Gasteiger partial charge in [0.1, 0.15) is 5.75 Å². The lowest BCUT2D eigenvalue weighted by molar-refractivity contribution is 0.475. The summed E-state index contributed by atoms with van der Waals surface area (Å²) in [6, 6.07) is 6.56. The van der Waals surface area contributed by atoms with E-state index in [-0.39, 0.29) is 5.75 Å². The topological polar surface area (TPSA) is 37.3 Å². The number of hydrogen-bond donors (Lipinski definition) is 1. The zero-order valence-electron chi connectivity index (χ0n) is 7.69. The van der Waals surface area contributed by atoms with Crippen LogP contribution in [0.5, 0.6) is 5.75 Å². The molecule has 0 radical (unpaired) electrons. The molecule has 0 aliphatic heterocycles. The number of aromatic hydroxyl groups is 1. The van der Waals surface area contributed by atoms with Crippen LogP contribution in [-0.2, 0) is 10.8 Å². The van der Waals surface area contributed by atoms with Gasteiger partial charge in [0, 0.05) is 10.6 Å². The first kappa shape index (κ1) is 10.3. The highest BCUT2D eigenvalue weighted by atomic mass is 32.2. The van der Waals surface area contributed by atoms with Gasteiger partial charge in [0.15, 0.2) is 0 Å². The smallest absolute Gasteiger partial charge is 0.115 e. The van der Waals surface area contributed by atoms with E-state index >= 15 is 0 Å². The summed E-state index contributed by atoms with van der Waals surface area (Å²) in [6.45, 7) is 2.08. The molecule has 0 unspecified atom stereocenters. The molecule has 0 amide bonds. The monoisotopic (exact) mass is 198 g/mol. The summed E-state index contributed by atoms with van der Waals surface area (Å²) in [5, 5.41) is 9.02. The van der Waals surface area contributed by atoms with Crippen molar-refractivity contribution in [2.45, 2.75) is 24.7 Å². The van der Waals surface area contributed by atoms with Crippen LogP contribution in [0.1, 0.15) is 19.8 Å². The van der Waals surface area contributed by atoms with E-state index in [0.29, 0.717) is 5.75 Å².